The Labute approximate surface area is 80.1 Å². The maximum Gasteiger partial charge on any atom is 0.0240 e. The fourth-order valence-corrected chi connectivity index (χ4v) is 2.67. The first-order valence-corrected chi connectivity index (χ1v) is 5.51. The summed E-state index contributed by atoms with van der Waals surface area (Å²) in [5.41, 5.74) is 0. The monoisotopic (exact) mass is 184 g/mol. The Kier molecular flexibility index (Phi) is 3.19. The Hall–Kier alpha value is -0.120. The zero-order chi connectivity index (χ0) is 9.10. The van der Waals surface area contributed by atoms with Crippen LogP contribution in [-0.4, -0.2) is 36.4 Å². The quantitative estimate of drug-likeness (QED) is 0.640. The highest BCUT2D eigenvalue weighted by Crippen LogP contribution is 2.29. The maximum absolute atomic E-state index is 9.25. The SMILES string of the molecule is ON1CCC(C2CCNCC2)CC1. The van der Waals surface area contributed by atoms with E-state index in [9.17, 15) is 5.21 Å². The normalized spacial score (nSPS) is 29.3. The molecule has 0 aromatic heterocycles. The molecule has 0 radical (unpaired) electrons. The van der Waals surface area contributed by atoms with Crippen LogP contribution in [0, 0.1) is 11.8 Å². The van der Waals surface area contributed by atoms with Gasteiger partial charge in [-0.1, -0.05) is 0 Å². The van der Waals surface area contributed by atoms with Crippen LogP contribution >= 0.6 is 0 Å². The molecule has 2 aliphatic rings. The predicted molar refractivity (Wildman–Crippen MR) is 51.7 cm³/mol. The van der Waals surface area contributed by atoms with Gasteiger partial charge in [0.25, 0.3) is 0 Å². The third kappa shape index (κ3) is 2.42. The molecular formula is C10H20N2O. The third-order valence-electron chi connectivity index (χ3n) is 3.57. The van der Waals surface area contributed by atoms with Crippen LogP contribution in [0.3, 0.4) is 0 Å². The summed E-state index contributed by atoms with van der Waals surface area (Å²) in [5.74, 6) is 1.81. The van der Waals surface area contributed by atoms with Crippen LogP contribution in [0.1, 0.15) is 25.7 Å². The first-order chi connectivity index (χ1) is 6.36. The summed E-state index contributed by atoms with van der Waals surface area (Å²) < 4.78 is 0. The molecule has 2 heterocycles. The van der Waals surface area contributed by atoms with Gasteiger partial charge in [-0.3, -0.25) is 0 Å². The first-order valence-electron chi connectivity index (χ1n) is 5.51. The second-order valence-electron chi connectivity index (χ2n) is 4.38. The van der Waals surface area contributed by atoms with Crippen LogP contribution in [0.4, 0.5) is 0 Å². The van der Waals surface area contributed by atoms with Gasteiger partial charge in [0.05, 0.1) is 0 Å². The van der Waals surface area contributed by atoms with E-state index in [-0.39, 0.29) is 0 Å². The number of piperidine rings is 2. The van der Waals surface area contributed by atoms with E-state index < -0.39 is 0 Å². The van der Waals surface area contributed by atoms with E-state index in [2.05, 4.69) is 5.32 Å². The molecule has 0 atom stereocenters. The van der Waals surface area contributed by atoms with Crippen LogP contribution in [-0.2, 0) is 0 Å². The average molecular weight is 184 g/mol. The van der Waals surface area contributed by atoms with Crippen molar-refractivity contribution in [2.75, 3.05) is 26.2 Å². The van der Waals surface area contributed by atoms with E-state index in [1.807, 2.05) is 0 Å². The minimum absolute atomic E-state index is 0.880. The van der Waals surface area contributed by atoms with Crippen molar-refractivity contribution in [2.45, 2.75) is 25.7 Å². The number of hydrogen-bond donors (Lipinski definition) is 2. The lowest BCUT2D eigenvalue weighted by Crippen LogP contribution is -2.38. The fourth-order valence-electron chi connectivity index (χ4n) is 2.67. The van der Waals surface area contributed by atoms with Gasteiger partial charge in [0.1, 0.15) is 0 Å². The summed E-state index contributed by atoms with van der Waals surface area (Å²) in [4.78, 5) is 0. The van der Waals surface area contributed by atoms with Crippen molar-refractivity contribution in [1.82, 2.24) is 10.4 Å². The highest BCUT2D eigenvalue weighted by atomic mass is 16.5. The van der Waals surface area contributed by atoms with Gasteiger partial charge in [0.2, 0.25) is 0 Å². The van der Waals surface area contributed by atoms with E-state index in [1.165, 1.54) is 43.8 Å². The fraction of sp³-hybridized carbons (Fsp3) is 1.00. The van der Waals surface area contributed by atoms with Gasteiger partial charge in [-0.2, -0.15) is 5.06 Å². The van der Waals surface area contributed by atoms with Gasteiger partial charge in [0, 0.05) is 13.1 Å². The molecule has 2 aliphatic heterocycles. The highest BCUT2D eigenvalue weighted by Gasteiger charge is 2.26. The van der Waals surface area contributed by atoms with Gasteiger partial charge in [0.15, 0.2) is 0 Å². The zero-order valence-corrected chi connectivity index (χ0v) is 8.21. The van der Waals surface area contributed by atoms with Gasteiger partial charge >= 0.3 is 0 Å². The molecule has 0 aromatic carbocycles. The number of hydroxylamine groups is 2. The van der Waals surface area contributed by atoms with Crippen LogP contribution in [0.25, 0.3) is 0 Å². The Balaban J connectivity index is 1.79. The second-order valence-corrected chi connectivity index (χ2v) is 4.38. The lowest BCUT2D eigenvalue weighted by molar-refractivity contribution is -0.116. The minimum Gasteiger partial charge on any atom is -0.317 e. The molecular weight excluding hydrogens is 164 g/mol. The molecule has 2 rings (SSSR count). The van der Waals surface area contributed by atoms with E-state index in [0.29, 0.717) is 0 Å². The molecule has 0 aliphatic carbocycles. The molecule has 2 fully saturated rings. The molecule has 0 aromatic rings. The van der Waals surface area contributed by atoms with E-state index in [4.69, 9.17) is 0 Å². The van der Waals surface area contributed by atoms with Gasteiger partial charge < -0.3 is 10.5 Å². The molecule has 2 saturated heterocycles. The Morgan fingerprint density at radius 3 is 2.08 bits per heavy atom. The van der Waals surface area contributed by atoms with Gasteiger partial charge in [-0.15, -0.1) is 0 Å². The largest absolute Gasteiger partial charge is 0.317 e. The average Bonchev–Trinajstić information content (AvgIpc) is 2.20. The minimum atomic E-state index is 0.880. The van der Waals surface area contributed by atoms with Crippen molar-refractivity contribution in [2.24, 2.45) is 11.8 Å². The summed E-state index contributed by atoms with van der Waals surface area (Å²) in [7, 11) is 0. The molecule has 0 spiro atoms. The lowest BCUT2D eigenvalue weighted by Gasteiger charge is -2.35. The second kappa shape index (κ2) is 4.40. The van der Waals surface area contributed by atoms with Crippen molar-refractivity contribution >= 4 is 0 Å². The zero-order valence-electron chi connectivity index (χ0n) is 8.21. The van der Waals surface area contributed by atoms with Crippen molar-refractivity contribution in [3.63, 3.8) is 0 Å². The summed E-state index contributed by atoms with van der Waals surface area (Å²) in [5, 5.41) is 14.1. The van der Waals surface area contributed by atoms with E-state index >= 15 is 0 Å². The van der Waals surface area contributed by atoms with Gasteiger partial charge in [-0.25, -0.2) is 0 Å². The first kappa shape index (κ1) is 9.44. The van der Waals surface area contributed by atoms with Crippen molar-refractivity contribution in [1.29, 1.82) is 0 Å². The van der Waals surface area contributed by atoms with Crippen LogP contribution < -0.4 is 5.32 Å². The summed E-state index contributed by atoms with van der Waals surface area (Å²) in [6.07, 6.45) is 5.08. The summed E-state index contributed by atoms with van der Waals surface area (Å²) in [6.45, 7) is 4.16. The van der Waals surface area contributed by atoms with Gasteiger partial charge in [-0.05, 0) is 50.6 Å². The number of nitrogens with zero attached hydrogens (tertiary/aromatic N) is 1. The van der Waals surface area contributed by atoms with E-state index in [0.717, 1.165) is 24.9 Å². The third-order valence-corrected chi connectivity index (χ3v) is 3.57. The molecule has 0 amide bonds. The molecule has 76 valence electrons. The molecule has 2 N–H and O–H groups in total. The Morgan fingerprint density at radius 1 is 0.923 bits per heavy atom. The highest BCUT2D eigenvalue weighted by molar-refractivity contribution is 4.79. The van der Waals surface area contributed by atoms with Crippen LogP contribution in [0.5, 0.6) is 0 Å². The maximum atomic E-state index is 9.25. The smallest absolute Gasteiger partial charge is 0.0240 e. The topological polar surface area (TPSA) is 35.5 Å². The van der Waals surface area contributed by atoms with Crippen molar-refractivity contribution in [3.05, 3.63) is 0 Å². The number of hydrogen-bond acceptors (Lipinski definition) is 3. The Bertz CT molecular complexity index is 149. The molecule has 3 nitrogen and oxygen atoms in total. The lowest BCUT2D eigenvalue weighted by atomic mass is 9.79. The van der Waals surface area contributed by atoms with Crippen LogP contribution in [0.15, 0.2) is 0 Å². The molecule has 0 saturated carbocycles. The molecule has 0 unspecified atom stereocenters. The van der Waals surface area contributed by atoms with Crippen molar-refractivity contribution in [3.8, 4) is 0 Å². The number of nitrogens with one attached hydrogen (secondary N) is 1. The predicted octanol–water partition coefficient (Wildman–Crippen LogP) is 1.09. The van der Waals surface area contributed by atoms with E-state index in [1.54, 1.807) is 0 Å². The Morgan fingerprint density at radius 2 is 1.46 bits per heavy atom. The van der Waals surface area contributed by atoms with Crippen molar-refractivity contribution < 1.29 is 5.21 Å². The van der Waals surface area contributed by atoms with Crippen LogP contribution in [0.2, 0.25) is 0 Å². The summed E-state index contributed by atoms with van der Waals surface area (Å²) >= 11 is 0. The summed E-state index contributed by atoms with van der Waals surface area (Å²) in [6, 6.07) is 0. The molecule has 13 heavy (non-hydrogen) atoms. The standard InChI is InChI=1S/C10H20N2O/c13-12-7-3-10(4-8-12)9-1-5-11-6-2-9/h9-11,13H,1-8H2. The molecule has 3 heteroatoms. The number of rotatable bonds is 1. The molecule has 0 bridgehead atoms.